The van der Waals surface area contributed by atoms with Crippen LogP contribution in [0.4, 0.5) is 5.69 Å². The number of aryl methyl sites for hydroxylation is 2. The molecule has 3 rings (SSSR count). The van der Waals surface area contributed by atoms with Crippen molar-refractivity contribution in [2.45, 2.75) is 39.0 Å². The van der Waals surface area contributed by atoms with Gasteiger partial charge in [0.25, 0.3) is 0 Å². The Hall–Kier alpha value is -3.79. The standard InChI is InChI=1S/C26H31N5O4S/c1-6-31-23(15-27-24(32)12-9-19-8-11-21(34-4)22(14-19)35-5)29-30-26(31)36-16-25(33)28-20-10-7-17(2)13-18(20)3/h7-14H,6,15-16H2,1-5H3,(H,27,32)(H,28,33)/b12-9+. The van der Waals surface area contributed by atoms with Gasteiger partial charge in [0.2, 0.25) is 11.8 Å². The number of nitrogens with zero attached hydrogens (tertiary/aromatic N) is 3. The molecular weight excluding hydrogens is 478 g/mol. The number of hydrogen-bond acceptors (Lipinski definition) is 7. The summed E-state index contributed by atoms with van der Waals surface area (Å²) in [6.07, 6.45) is 3.14. The molecule has 0 bridgehead atoms. The van der Waals surface area contributed by atoms with E-state index >= 15 is 0 Å². The van der Waals surface area contributed by atoms with Gasteiger partial charge in [-0.3, -0.25) is 9.59 Å². The molecule has 0 aliphatic carbocycles. The SMILES string of the molecule is CCn1c(CNC(=O)/C=C/c2ccc(OC)c(OC)c2)nnc1SCC(=O)Nc1ccc(C)cc1C. The van der Waals surface area contributed by atoms with Gasteiger partial charge in [-0.25, -0.2) is 0 Å². The van der Waals surface area contributed by atoms with Crippen molar-refractivity contribution >= 4 is 35.3 Å². The summed E-state index contributed by atoms with van der Waals surface area (Å²) in [6, 6.07) is 11.3. The van der Waals surface area contributed by atoms with E-state index in [-0.39, 0.29) is 24.1 Å². The van der Waals surface area contributed by atoms with E-state index in [9.17, 15) is 9.59 Å². The van der Waals surface area contributed by atoms with Crippen LogP contribution in [0.1, 0.15) is 29.4 Å². The number of carbonyl (C=O) groups excluding carboxylic acids is 2. The molecule has 0 fully saturated rings. The van der Waals surface area contributed by atoms with Crippen molar-refractivity contribution in [1.82, 2.24) is 20.1 Å². The summed E-state index contributed by atoms with van der Waals surface area (Å²) < 4.78 is 12.4. The van der Waals surface area contributed by atoms with Crippen LogP contribution in [0.5, 0.6) is 11.5 Å². The van der Waals surface area contributed by atoms with Gasteiger partial charge in [-0.2, -0.15) is 0 Å². The third kappa shape index (κ3) is 7.11. The smallest absolute Gasteiger partial charge is 0.244 e. The number of benzene rings is 2. The van der Waals surface area contributed by atoms with Gasteiger partial charge in [-0.15, -0.1) is 10.2 Å². The minimum absolute atomic E-state index is 0.118. The van der Waals surface area contributed by atoms with Crippen molar-refractivity contribution in [2.24, 2.45) is 0 Å². The van der Waals surface area contributed by atoms with E-state index in [1.807, 2.05) is 49.6 Å². The summed E-state index contributed by atoms with van der Waals surface area (Å²) in [7, 11) is 3.13. The molecule has 0 saturated heterocycles. The quantitative estimate of drug-likeness (QED) is 0.297. The number of thioether (sulfide) groups is 1. The molecule has 0 atom stereocenters. The summed E-state index contributed by atoms with van der Waals surface area (Å²) in [6.45, 7) is 6.77. The van der Waals surface area contributed by atoms with Crippen LogP contribution < -0.4 is 20.1 Å². The molecule has 0 saturated carbocycles. The predicted octanol–water partition coefficient (Wildman–Crippen LogP) is 3.99. The Balaban J connectivity index is 1.54. The van der Waals surface area contributed by atoms with Crippen LogP contribution >= 0.6 is 11.8 Å². The lowest BCUT2D eigenvalue weighted by Crippen LogP contribution is -2.22. The van der Waals surface area contributed by atoms with Crippen LogP contribution in [-0.4, -0.2) is 46.6 Å². The number of aromatic nitrogens is 3. The number of nitrogens with one attached hydrogen (secondary N) is 2. The molecule has 9 nitrogen and oxygen atoms in total. The van der Waals surface area contributed by atoms with E-state index in [0.717, 1.165) is 22.4 Å². The first kappa shape index (κ1) is 26.8. The molecule has 3 aromatic rings. The zero-order chi connectivity index (χ0) is 26.1. The Labute approximate surface area is 215 Å². The number of rotatable bonds is 11. The molecular formula is C26H31N5O4S. The van der Waals surface area contributed by atoms with Crippen LogP contribution in [-0.2, 0) is 22.7 Å². The minimum Gasteiger partial charge on any atom is -0.493 e. The van der Waals surface area contributed by atoms with E-state index < -0.39 is 0 Å². The van der Waals surface area contributed by atoms with Crippen molar-refractivity contribution in [3.05, 3.63) is 65.0 Å². The second-order valence-corrected chi connectivity index (χ2v) is 8.91. The summed E-state index contributed by atoms with van der Waals surface area (Å²) in [5.41, 5.74) is 3.76. The van der Waals surface area contributed by atoms with Crippen LogP contribution in [0, 0.1) is 13.8 Å². The lowest BCUT2D eigenvalue weighted by molar-refractivity contribution is -0.116. The molecule has 0 unspecified atom stereocenters. The molecule has 2 aromatic carbocycles. The van der Waals surface area contributed by atoms with Gasteiger partial charge in [0, 0.05) is 18.3 Å². The number of ether oxygens (including phenoxy) is 2. The molecule has 1 aromatic heterocycles. The van der Waals surface area contributed by atoms with Crippen LogP contribution in [0.25, 0.3) is 6.08 Å². The number of hydrogen-bond donors (Lipinski definition) is 2. The average Bonchev–Trinajstić information content (AvgIpc) is 3.28. The molecule has 0 aliphatic heterocycles. The molecule has 2 N–H and O–H groups in total. The second kappa shape index (κ2) is 12.8. The second-order valence-electron chi connectivity index (χ2n) is 7.96. The fourth-order valence-electron chi connectivity index (χ4n) is 3.50. The average molecular weight is 510 g/mol. The van der Waals surface area contributed by atoms with E-state index in [0.29, 0.717) is 29.0 Å². The Morgan fingerprint density at radius 1 is 1.06 bits per heavy atom. The fraction of sp³-hybridized carbons (Fsp3) is 0.308. The van der Waals surface area contributed by atoms with Crippen molar-refractivity contribution in [1.29, 1.82) is 0 Å². The van der Waals surface area contributed by atoms with Crippen molar-refractivity contribution in [3.63, 3.8) is 0 Å². The highest BCUT2D eigenvalue weighted by atomic mass is 32.2. The van der Waals surface area contributed by atoms with Gasteiger partial charge < -0.3 is 24.7 Å². The van der Waals surface area contributed by atoms with Crippen LogP contribution in [0.3, 0.4) is 0 Å². The highest BCUT2D eigenvalue weighted by Gasteiger charge is 2.14. The van der Waals surface area contributed by atoms with Gasteiger partial charge in [0.15, 0.2) is 22.5 Å². The van der Waals surface area contributed by atoms with E-state index in [2.05, 4.69) is 20.8 Å². The normalized spacial score (nSPS) is 10.9. The van der Waals surface area contributed by atoms with E-state index in [4.69, 9.17) is 9.47 Å². The van der Waals surface area contributed by atoms with Crippen LogP contribution in [0.2, 0.25) is 0 Å². The fourth-order valence-corrected chi connectivity index (χ4v) is 4.32. The first-order valence-electron chi connectivity index (χ1n) is 11.4. The van der Waals surface area contributed by atoms with Gasteiger partial charge in [0.05, 0.1) is 26.5 Å². The number of amides is 2. The summed E-state index contributed by atoms with van der Waals surface area (Å²) in [5, 5.41) is 14.8. The molecule has 1 heterocycles. The Bertz CT molecular complexity index is 1260. The van der Waals surface area contributed by atoms with Gasteiger partial charge in [0.1, 0.15) is 0 Å². The maximum atomic E-state index is 12.4. The van der Waals surface area contributed by atoms with Gasteiger partial charge in [-0.1, -0.05) is 35.5 Å². The molecule has 36 heavy (non-hydrogen) atoms. The maximum absolute atomic E-state index is 12.4. The van der Waals surface area contributed by atoms with Gasteiger partial charge >= 0.3 is 0 Å². The van der Waals surface area contributed by atoms with E-state index in [1.165, 1.54) is 17.8 Å². The Morgan fingerprint density at radius 3 is 2.53 bits per heavy atom. The maximum Gasteiger partial charge on any atom is 0.244 e. The zero-order valence-corrected chi connectivity index (χ0v) is 21.9. The molecule has 10 heteroatoms. The van der Waals surface area contributed by atoms with E-state index in [1.54, 1.807) is 32.4 Å². The molecule has 0 spiro atoms. The molecule has 190 valence electrons. The third-order valence-electron chi connectivity index (χ3n) is 5.35. The molecule has 0 radical (unpaired) electrons. The summed E-state index contributed by atoms with van der Waals surface area (Å²) >= 11 is 1.31. The zero-order valence-electron chi connectivity index (χ0n) is 21.1. The molecule has 2 amide bonds. The highest BCUT2D eigenvalue weighted by Crippen LogP contribution is 2.28. The topological polar surface area (TPSA) is 107 Å². The summed E-state index contributed by atoms with van der Waals surface area (Å²) in [4.78, 5) is 24.8. The van der Waals surface area contributed by atoms with Crippen LogP contribution in [0.15, 0.2) is 47.6 Å². The van der Waals surface area contributed by atoms with Gasteiger partial charge in [-0.05, 0) is 56.2 Å². The van der Waals surface area contributed by atoms with Crippen molar-refractivity contribution in [2.75, 3.05) is 25.3 Å². The number of anilines is 1. The predicted molar refractivity (Wildman–Crippen MR) is 141 cm³/mol. The minimum atomic E-state index is -0.266. The monoisotopic (exact) mass is 509 g/mol. The van der Waals surface area contributed by atoms with Crippen molar-refractivity contribution < 1.29 is 19.1 Å². The number of methoxy groups -OCH3 is 2. The largest absolute Gasteiger partial charge is 0.493 e. The lowest BCUT2D eigenvalue weighted by Gasteiger charge is -2.10. The molecule has 0 aliphatic rings. The Kier molecular flexibility index (Phi) is 9.52. The first-order chi connectivity index (χ1) is 17.3. The number of carbonyl (C=O) groups is 2. The lowest BCUT2D eigenvalue weighted by atomic mass is 10.1. The third-order valence-corrected chi connectivity index (χ3v) is 6.32. The summed E-state index contributed by atoms with van der Waals surface area (Å²) in [5.74, 6) is 1.64. The Morgan fingerprint density at radius 2 is 1.83 bits per heavy atom. The first-order valence-corrected chi connectivity index (χ1v) is 12.4. The highest BCUT2D eigenvalue weighted by molar-refractivity contribution is 7.99. The van der Waals surface area contributed by atoms with Crippen molar-refractivity contribution in [3.8, 4) is 11.5 Å².